The maximum absolute atomic E-state index is 8.76. The molecule has 1 fully saturated rings. The molecule has 6 heteroatoms. The minimum Gasteiger partial charge on any atom is -0.305 e. The monoisotopic (exact) mass is 956 g/mol. The van der Waals surface area contributed by atoms with Crippen molar-refractivity contribution in [2.45, 2.75) is 82.4 Å². The van der Waals surface area contributed by atoms with E-state index in [1.165, 1.54) is 64.3 Å². The normalized spacial score (nSPS) is 14.5. The number of pyridine rings is 3. The van der Waals surface area contributed by atoms with Crippen LogP contribution in [0.25, 0.3) is 53.9 Å². The summed E-state index contributed by atoms with van der Waals surface area (Å²) in [5, 5.41) is 2.47. The van der Waals surface area contributed by atoms with Gasteiger partial charge in [-0.3, -0.25) is 0 Å². The van der Waals surface area contributed by atoms with Crippen LogP contribution in [0.4, 0.5) is 0 Å². The van der Waals surface area contributed by atoms with Crippen molar-refractivity contribution in [2.24, 2.45) is 5.41 Å². The van der Waals surface area contributed by atoms with E-state index in [0.717, 1.165) is 37.3 Å². The number of aromatic nitrogens is 3. The van der Waals surface area contributed by atoms with E-state index in [1.807, 2.05) is 75.8 Å². The van der Waals surface area contributed by atoms with E-state index >= 15 is 0 Å². The second-order valence-electron chi connectivity index (χ2n) is 15.9. The van der Waals surface area contributed by atoms with Gasteiger partial charge in [-0.15, -0.1) is 17.7 Å². The Kier molecular flexibility index (Phi) is 11.6. The van der Waals surface area contributed by atoms with Crippen LogP contribution in [0.15, 0.2) is 110 Å². The van der Waals surface area contributed by atoms with Gasteiger partial charge in [0.05, 0.1) is 0 Å². The molecule has 0 amide bonds. The predicted molar refractivity (Wildman–Crippen MR) is 225 cm³/mol. The van der Waals surface area contributed by atoms with E-state index in [9.17, 15) is 0 Å². The van der Waals surface area contributed by atoms with E-state index in [1.54, 1.807) is 11.3 Å². The van der Waals surface area contributed by atoms with Crippen LogP contribution in [0, 0.1) is 17.5 Å². The Morgan fingerprint density at radius 1 is 0.830 bits per heavy atom. The fourth-order valence-electron chi connectivity index (χ4n) is 7.27. The number of benzene rings is 3. The molecule has 1 aliphatic carbocycles. The van der Waals surface area contributed by atoms with Crippen molar-refractivity contribution in [3.05, 3.63) is 133 Å². The van der Waals surface area contributed by atoms with Gasteiger partial charge in [-0.05, 0) is 41.3 Å². The van der Waals surface area contributed by atoms with Crippen molar-refractivity contribution >= 4 is 49.3 Å². The molecular formula is C47H49GeIrN3S-2. The average Bonchev–Trinajstić information content (AvgIpc) is 3.57. The van der Waals surface area contributed by atoms with Gasteiger partial charge in [0.2, 0.25) is 0 Å². The number of nitrogens with zero attached hydrogens (tertiary/aromatic N) is 3. The molecule has 0 bridgehead atoms. The quantitative estimate of drug-likeness (QED) is 0.123. The van der Waals surface area contributed by atoms with E-state index in [4.69, 9.17) is 7.73 Å². The minimum atomic E-state index is -2.24. The predicted octanol–water partition coefficient (Wildman–Crippen LogP) is 12.7. The molecule has 0 N–H and O–H groups in total. The molecule has 7 aromatic rings. The van der Waals surface area contributed by atoms with E-state index < -0.39 is 25.1 Å². The molecule has 0 spiro atoms. The number of hydrogen-bond acceptors (Lipinski definition) is 4. The molecule has 4 aromatic heterocycles. The summed E-state index contributed by atoms with van der Waals surface area (Å²) in [4.78, 5) is 15.1. The molecular weight excluding hydrogens is 903 g/mol. The van der Waals surface area contributed by atoms with Crippen LogP contribution >= 0.6 is 11.3 Å². The third-order valence-electron chi connectivity index (χ3n) is 9.73. The smallest absolute Gasteiger partial charge is 0.113 e. The van der Waals surface area contributed by atoms with Crippen LogP contribution in [0.5, 0.6) is 0 Å². The van der Waals surface area contributed by atoms with Crippen LogP contribution in [-0.4, -0.2) is 28.2 Å². The van der Waals surface area contributed by atoms with Crippen LogP contribution in [0.3, 0.4) is 0 Å². The number of fused-ring (bicyclic) bond motifs is 3. The van der Waals surface area contributed by atoms with Crippen LogP contribution < -0.4 is 4.40 Å². The minimum absolute atomic E-state index is 0. The number of rotatable bonds is 6. The van der Waals surface area contributed by atoms with Crippen molar-refractivity contribution in [2.75, 3.05) is 0 Å². The molecule has 0 atom stereocenters. The topological polar surface area (TPSA) is 38.7 Å². The molecule has 0 aliphatic heterocycles. The molecule has 0 unspecified atom stereocenters. The summed E-state index contributed by atoms with van der Waals surface area (Å²) >= 11 is -0.503. The zero-order chi connectivity index (χ0) is 38.1. The van der Waals surface area contributed by atoms with Crippen molar-refractivity contribution in [1.29, 1.82) is 0 Å². The van der Waals surface area contributed by atoms with Gasteiger partial charge in [0, 0.05) is 37.9 Å². The first-order valence-corrected chi connectivity index (χ1v) is 26.7. The fourth-order valence-corrected chi connectivity index (χ4v) is 11.2. The summed E-state index contributed by atoms with van der Waals surface area (Å²) in [6.07, 6.45) is 11.0. The Morgan fingerprint density at radius 3 is 2.32 bits per heavy atom. The van der Waals surface area contributed by atoms with E-state index in [0.29, 0.717) is 5.92 Å². The molecule has 1 aliphatic rings. The maximum atomic E-state index is 8.76. The zero-order valence-electron chi connectivity index (χ0n) is 33.6. The summed E-state index contributed by atoms with van der Waals surface area (Å²) < 4.78 is 19.9. The SMILES string of the molecule is [2H]C([2H])(c1cc(-c2[c-]cccc2)nc[c]1[Ge]([CH3])([CH3])[CH3])C(C)(C)C.[Ir].[c-]1cc2sc3ncccc3c2c(-c2ccccc2)c1-c1cc(C2CCCCC2)ccn1. The largest absolute Gasteiger partial charge is 0.305 e. The van der Waals surface area contributed by atoms with Crippen molar-refractivity contribution < 1.29 is 22.8 Å². The first-order chi connectivity index (χ1) is 25.8. The van der Waals surface area contributed by atoms with Gasteiger partial charge in [0.1, 0.15) is 4.83 Å². The Morgan fingerprint density at radius 2 is 1.60 bits per heavy atom. The van der Waals surface area contributed by atoms with Gasteiger partial charge in [0.25, 0.3) is 0 Å². The van der Waals surface area contributed by atoms with Gasteiger partial charge in [-0.2, -0.15) is 11.3 Å². The summed E-state index contributed by atoms with van der Waals surface area (Å²) in [5.41, 5.74) is 7.98. The summed E-state index contributed by atoms with van der Waals surface area (Å²) in [6.45, 7) is 5.88. The molecule has 3 nitrogen and oxygen atoms in total. The second kappa shape index (κ2) is 16.9. The maximum Gasteiger partial charge on any atom is 0.113 e. The molecule has 8 rings (SSSR count). The zero-order valence-corrected chi connectivity index (χ0v) is 36.9. The molecule has 4 heterocycles. The van der Waals surface area contributed by atoms with E-state index in [2.05, 4.69) is 94.0 Å². The molecule has 1 radical (unpaired) electrons. The van der Waals surface area contributed by atoms with Crippen LogP contribution in [0.2, 0.25) is 17.3 Å². The van der Waals surface area contributed by atoms with Crippen molar-refractivity contribution in [3.63, 3.8) is 0 Å². The Labute approximate surface area is 339 Å². The van der Waals surface area contributed by atoms with Gasteiger partial charge >= 0.3 is 135 Å². The molecule has 53 heavy (non-hydrogen) atoms. The summed E-state index contributed by atoms with van der Waals surface area (Å²) in [6, 6.07) is 38.0. The van der Waals surface area contributed by atoms with Gasteiger partial charge in [-0.25, -0.2) is 4.98 Å². The standard InChI is InChI=1S/C28H23N2S.C19H26GeN.Ir/c1-3-8-19(9-4-1)21-15-17-29-24(18-21)22-13-14-25-27(23-12-7-16-30-28(23)31-25)26(22)20-10-5-2-6-11-20;1-19(2,3)13-16-12-18(15-10-8-7-9-11-15)21-14-17(16)20(4,5)6;/h2,5-7,10-12,14-19H,1,3-4,8-9H2;7-10,12,14H,13H2,1-6H3;/q2*-1;/i;13D2;. The average molecular weight is 955 g/mol. The van der Waals surface area contributed by atoms with Crippen LogP contribution in [0.1, 0.15) is 72.7 Å². The first-order valence-electron chi connectivity index (χ1n) is 19.5. The fraction of sp³-hybridized carbons (Fsp3) is 0.298. The third-order valence-corrected chi connectivity index (χ3v) is 15.0. The Balaban J connectivity index is 0.000000193. The molecule has 273 valence electrons. The third kappa shape index (κ3) is 9.26. The second-order valence-corrected chi connectivity index (χ2v) is 27.5. The molecule has 0 saturated heterocycles. The van der Waals surface area contributed by atoms with Crippen molar-refractivity contribution in [1.82, 2.24) is 15.0 Å². The summed E-state index contributed by atoms with van der Waals surface area (Å²) in [5.74, 6) is 7.51. The van der Waals surface area contributed by atoms with Crippen molar-refractivity contribution in [3.8, 4) is 33.6 Å². The Bertz CT molecular complexity index is 2380. The number of hydrogen-bond donors (Lipinski definition) is 0. The molecule has 1 saturated carbocycles. The first kappa shape index (κ1) is 36.5. The molecule has 3 aromatic carbocycles. The number of thiophene rings is 1. The summed E-state index contributed by atoms with van der Waals surface area (Å²) in [7, 11) is 0. The Hall–Kier alpha value is -3.48. The van der Waals surface area contributed by atoms with Gasteiger partial charge < -0.3 is 4.98 Å². The van der Waals surface area contributed by atoms with Gasteiger partial charge in [-0.1, -0.05) is 83.8 Å². The van der Waals surface area contributed by atoms with Gasteiger partial charge in [0.15, 0.2) is 0 Å². The van der Waals surface area contributed by atoms with E-state index in [-0.39, 0.29) is 20.1 Å². The van der Waals surface area contributed by atoms with Crippen LogP contribution in [-0.2, 0) is 26.5 Å².